The number of benzene rings is 1. The molecule has 0 unspecified atom stereocenters. The quantitative estimate of drug-likeness (QED) is 0.513. The van der Waals surface area contributed by atoms with Gasteiger partial charge in [0, 0.05) is 12.1 Å². The molecule has 0 heterocycles. The Morgan fingerprint density at radius 1 is 1.09 bits per heavy atom. The van der Waals surface area contributed by atoms with Crippen molar-refractivity contribution in [3.63, 3.8) is 0 Å². The van der Waals surface area contributed by atoms with E-state index >= 15 is 0 Å². The summed E-state index contributed by atoms with van der Waals surface area (Å²) in [7, 11) is 0. The summed E-state index contributed by atoms with van der Waals surface area (Å²) in [6, 6.07) is 5.63. The first-order valence-electron chi connectivity index (χ1n) is 8.36. The van der Waals surface area contributed by atoms with Gasteiger partial charge in [-0.1, -0.05) is 57.6 Å². The zero-order valence-corrected chi connectivity index (χ0v) is 13.6. The van der Waals surface area contributed by atoms with Gasteiger partial charge in [0.2, 0.25) is 0 Å². The van der Waals surface area contributed by atoms with Gasteiger partial charge in [0.05, 0.1) is 6.54 Å². The second-order valence-corrected chi connectivity index (χ2v) is 5.83. The molecule has 0 spiro atoms. The predicted octanol–water partition coefficient (Wildman–Crippen LogP) is 3.86. The second kappa shape index (κ2) is 11.1. The smallest absolute Gasteiger partial charge is 0.317 e. The number of carboxylic acid groups (broad SMARTS) is 1. The number of carboxylic acids is 1. The summed E-state index contributed by atoms with van der Waals surface area (Å²) in [5.74, 6) is -0.667. The van der Waals surface area contributed by atoms with Crippen molar-refractivity contribution in [3.8, 4) is 5.75 Å². The van der Waals surface area contributed by atoms with E-state index < -0.39 is 5.97 Å². The summed E-state index contributed by atoms with van der Waals surface area (Å²) in [5.41, 5.74) is 1.97. The molecule has 0 atom stereocenters. The van der Waals surface area contributed by atoms with Crippen LogP contribution in [0.3, 0.4) is 0 Å². The van der Waals surface area contributed by atoms with Crippen LogP contribution in [-0.2, 0) is 17.8 Å². The number of hydrogen-bond donors (Lipinski definition) is 3. The standard InChI is InChI=1S/C18H29NO3/c1-2-3-4-5-6-7-8-9-15-10-11-17(20)16(12-15)13-19-14-18(21)22/h10-12,19-20H,2-9,13-14H2,1H3,(H,21,22). The topological polar surface area (TPSA) is 69.6 Å². The number of hydrogen-bond acceptors (Lipinski definition) is 3. The summed E-state index contributed by atoms with van der Waals surface area (Å²) >= 11 is 0. The average molecular weight is 307 g/mol. The van der Waals surface area contributed by atoms with Gasteiger partial charge < -0.3 is 15.5 Å². The normalized spacial score (nSPS) is 10.8. The Labute approximate surface area is 133 Å². The molecule has 22 heavy (non-hydrogen) atoms. The predicted molar refractivity (Wildman–Crippen MR) is 89.1 cm³/mol. The van der Waals surface area contributed by atoms with Gasteiger partial charge in [0.25, 0.3) is 0 Å². The minimum atomic E-state index is -0.890. The third-order valence-electron chi connectivity index (χ3n) is 3.80. The summed E-state index contributed by atoms with van der Waals surface area (Å²) in [6.07, 6.45) is 10.0. The van der Waals surface area contributed by atoms with Crippen molar-refractivity contribution < 1.29 is 15.0 Å². The Morgan fingerprint density at radius 2 is 1.77 bits per heavy atom. The van der Waals surface area contributed by atoms with Gasteiger partial charge in [-0.15, -0.1) is 0 Å². The molecule has 0 saturated heterocycles. The lowest BCUT2D eigenvalue weighted by Gasteiger charge is -2.08. The SMILES string of the molecule is CCCCCCCCCc1ccc(O)c(CNCC(=O)O)c1. The van der Waals surface area contributed by atoms with E-state index in [4.69, 9.17) is 5.11 Å². The number of aromatic hydroxyl groups is 1. The molecule has 1 aromatic rings. The first-order valence-corrected chi connectivity index (χ1v) is 8.36. The highest BCUT2D eigenvalue weighted by atomic mass is 16.4. The number of unbranched alkanes of at least 4 members (excludes halogenated alkanes) is 6. The van der Waals surface area contributed by atoms with Crippen LogP contribution in [0.1, 0.15) is 63.0 Å². The van der Waals surface area contributed by atoms with Crippen molar-refractivity contribution in [1.82, 2.24) is 5.32 Å². The van der Waals surface area contributed by atoms with Crippen molar-refractivity contribution in [2.75, 3.05) is 6.54 Å². The number of rotatable bonds is 12. The van der Waals surface area contributed by atoms with Gasteiger partial charge in [-0.05, 0) is 24.5 Å². The molecule has 0 aromatic heterocycles. The average Bonchev–Trinajstić information content (AvgIpc) is 2.49. The van der Waals surface area contributed by atoms with E-state index in [0.717, 1.165) is 12.0 Å². The molecular formula is C18H29NO3. The number of phenolic OH excluding ortho intramolecular Hbond substituents is 1. The molecule has 4 heteroatoms. The van der Waals surface area contributed by atoms with Crippen LogP contribution in [0.2, 0.25) is 0 Å². The molecule has 0 bridgehead atoms. The van der Waals surface area contributed by atoms with E-state index in [9.17, 15) is 9.90 Å². The van der Waals surface area contributed by atoms with Crippen LogP contribution in [-0.4, -0.2) is 22.7 Å². The lowest BCUT2D eigenvalue weighted by molar-refractivity contribution is -0.136. The summed E-state index contributed by atoms with van der Waals surface area (Å²) in [4.78, 5) is 10.5. The minimum absolute atomic E-state index is 0.0958. The molecule has 0 fully saturated rings. The number of nitrogens with one attached hydrogen (secondary N) is 1. The number of phenols is 1. The minimum Gasteiger partial charge on any atom is -0.508 e. The lowest BCUT2D eigenvalue weighted by atomic mass is 10.0. The molecule has 0 aliphatic heterocycles. The van der Waals surface area contributed by atoms with Crippen LogP contribution in [0.5, 0.6) is 5.75 Å². The van der Waals surface area contributed by atoms with Crippen molar-refractivity contribution in [2.24, 2.45) is 0 Å². The van der Waals surface area contributed by atoms with Gasteiger partial charge in [-0.3, -0.25) is 4.79 Å². The highest BCUT2D eigenvalue weighted by Crippen LogP contribution is 2.20. The Balaban J connectivity index is 2.30. The highest BCUT2D eigenvalue weighted by molar-refractivity contribution is 5.69. The molecular weight excluding hydrogens is 278 g/mol. The van der Waals surface area contributed by atoms with Gasteiger partial charge in [-0.2, -0.15) is 0 Å². The maximum Gasteiger partial charge on any atom is 0.317 e. The third-order valence-corrected chi connectivity index (χ3v) is 3.80. The zero-order valence-electron chi connectivity index (χ0n) is 13.6. The first kappa shape index (κ1) is 18.5. The molecule has 124 valence electrons. The van der Waals surface area contributed by atoms with Crippen LogP contribution >= 0.6 is 0 Å². The van der Waals surface area contributed by atoms with E-state index in [2.05, 4.69) is 12.2 Å². The highest BCUT2D eigenvalue weighted by Gasteiger charge is 2.04. The molecule has 0 aliphatic rings. The van der Waals surface area contributed by atoms with Crippen molar-refractivity contribution >= 4 is 5.97 Å². The molecule has 4 nitrogen and oxygen atoms in total. The summed E-state index contributed by atoms with van der Waals surface area (Å²) in [6.45, 7) is 2.51. The fraction of sp³-hybridized carbons (Fsp3) is 0.611. The second-order valence-electron chi connectivity index (χ2n) is 5.83. The fourth-order valence-electron chi connectivity index (χ4n) is 2.53. The van der Waals surface area contributed by atoms with Crippen molar-refractivity contribution in [2.45, 2.75) is 64.8 Å². The van der Waals surface area contributed by atoms with E-state index in [1.54, 1.807) is 6.07 Å². The Hall–Kier alpha value is -1.55. The number of carbonyl (C=O) groups is 1. The monoisotopic (exact) mass is 307 g/mol. The Kier molecular flexibility index (Phi) is 9.31. The van der Waals surface area contributed by atoms with E-state index in [1.807, 2.05) is 12.1 Å². The van der Waals surface area contributed by atoms with Gasteiger partial charge in [0.15, 0.2) is 0 Å². The van der Waals surface area contributed by atoms with Gasteiger partial charge >= 0.3 is 5.97 Å². The third kappa shape index (κ3) is 8.03. The van der Waals surface area contributed by atoms with Crippen molar-refractivity contribution in [3.05, 3.63) is 29.3 Å². The van der Waals surface area contributed by atoms with Crippen LogP contribution < -0.4 is 5.32 Å². The number of aryl methyl sites for hydroxylation is 1. The van der Waals surface area contributed by atoms with Crippen molar-refractivity contribution in [1.29, 1.82) is 0 Å². The van der Waals surface area contributed by atoms with Gasteiger partial charge in [-0.25, -0.2) is 0 Å². The maximum atomic E-state index is 10.5. The largest absolute Gasteiger partial charge is 0.508 e. The first-order chi connectivity index (χ1) is 10.6. The molecule has 0 aliphatic carbocycles. The summed E-state index contributed by atoms with van der Waals surface area (Å²) < 4.78 is 0. The Morgan fingerprint density at radius 3 is 2.45 bits per heavy atom. The maximum absolute atomic E-state index is 10.5. The molecule has 0 amide bonds. The molecule has 0 saturated carbocycles. The van der Waals surface area contributed by atoms with Crippen LogP contribution in [0.4, 0.5) is 0 Å². The van der Waals surface area contributed by atoms with Crippen LogP contribution in [0.25, 0.3) is 0 Å². The van der Waals surface area contributed by atoms with E-state index in [1.165, 1.54) is 50.5 Å². The Bertz CT molecular complexity index is 446. The molecule has 1 aromatic carbocycles. The van der Waals surface area contributed by atoms with Gasteiger partial charge in [0.1, 0.15) is 5.75 Å². The lowest BCUT2D eigenvalue weighted by Crippen LogP contribution is -2.21. The van der Waals surface area contributed by atoms with Crippen LogP contribution in [0.15, 0.2) is 18.2 Å². The molecule has 1 rings (SSSR count). The van der Waals surface area contributed by atoms with E-state index in [0.29, 0.717) is 6.54 Å². The van der Waals surface area contributed by atoms with Crippen LogP contribution in [0, 0.1) is 0 Å². The zero-order chi connectivity index (χ0) is 16.2. The van der Waals surface area contributed by atoms with E-state index in [-0.39, 0.29) is 12.3 Å². The molecule has 3 N–H and O–H groups in total. The molecule has 0 radical (unpaired) electrons. The summed E-state index contributed by atoms with van der Waals surface area (Å²) in [5, 5.41) is 21.2. The fourth-order valence-corrected chi connectivity index (χ4v) is 2.53. The number of aliphatic carboxylic acids is 1.